The first-order valence-electron chi connectivity index (χ1n) is 6.21. The van der Waals surface area contributed by atoms with Gasteiger partial charge < -0.3 is 14.7 Å². The van der Waals surface area contributed by atoms with Crippen molar-refractivity contribution in [2.45, 2.75) is 25.5 Å². The van der Waals surface area contributed by atoms with E-state index >= 15 is 0 Å². The van der Waals surface area contributed by atoms with E-state index in [0.717, 1.165) is 5.56 Å². The molecule has 1 amide bonds. The van der Waals surface area contributed by atoms with Gasteiger partial charge in [0.1, 0.15) is 11.4 Å². The van der Waals surface area contributed by atoms with Crippen LogP contribution in [0.5, 0.6) is 0 Å². The van der Waals surface area contributed by atoms with Gasteiger partial charge in [-0.05, 0) is 19.4 Å². The summed E-state index contributed by atoms with van der Waals surface area (Å²) in [6.07, 6.45) is 0. The van der Waals surface area contributed by atoms with E-state index in [2.05, 4.69) is 0 Å². The molecule has 0 saturated heterocycles. The number of hydrogen-bond acceptors (Lipinski definition) is 3. The third kappa shape index (κ3) is 2.02. The van der Waals surface area contributed by atoms with E-state index < -0.39 is 11.6 Å². The number of aliphatic hydroxyl groups is 1. The Labute approximate surface area is 113 Å². The molecule has 0 aromatic heterocycles. The summed E-state index contributed by atoms with van der Waals surface area (Å²) in [5.74, 6) is 0.210. The van der Waals surface area contributed by atoms with Gasteiger partial charge in [0.05, 0.1) is 18.7 Å². The largest absolute Gasteiger partial charge is 0.497 e. The second kappa shape index (κ2) is 4.70. The molecule has 1 aliphatic rings. The van der Waals surface area contributed by atoms with Crippen LogP contribution in [0, 0.1) is 0 Å². The zero-order chi connectivity index (χ0) is 14.2. The van der Waals surface area contributed by atoms with Crippen molar-refractivity contribution in [1.82, 2.24) is 4.90 Å². The minimum Gasteiger partial charge on any atom is -0.497 e. The highest BCUT2D eigenvalue weighted by molar-refractivity contribution is 5.95. The maximum atomic E-state index is 12.2. The first-order chi connectivity index (χ1) is 8.91. The Morgan fingerprint density at radius 3 is 2.42 bits per heavy atom. The van der Waals surface area contributed by atoms with Gasteiger partial charge >= 0.3 is 0 Å². The van der Waals surface area contributed by atoms with Gasteiger partial charge in [0.2, 0.25) is 0 Å². The molecule has 0 aliphatic carbocycles. The molecule has 0 fully saturated rings. The summed E-state index contributed by atoms with van der Waals surface area (Å²) in [6.45, 7) is 3.35. The van der Waals surface area contributed by atoms with Crippen molar-refractivity contribution in [2.75, 3.05) is 14.2 Å². The fraction of sp³-hybridized carbons (Fsp3) is 0.400. The molecule has 0 unspecified atom stereocenters. The van der Waals surface area contributed by atoms with Crippen LogP contribution in [0.1, 0.15) is 25.5 Å². The van der Waals surface area contributed by atoms with Crippen LogP contribution in [0.15, 0.2) is 41.7 Å². The molecule has 1 heterocycles. The van der Waals surface area contributed by atoms with Crippen LogP contribution >= 0.6 is 0 Å². The standard InChI is InChI=1S/C15H19NO3/c1-10-13(19-4)15(2,18)12(16(3)14(10)17)11-8-6-5-7-9-11/h5-9,12,18H,1-4H3/t12-,15+/m0/s1. The van der Waals surface area contributed by atoms with E-state index in [0.29, 0.717) is 11.3 Å². The summed E-state index contributed by atoms with van der Waals surface area (Å²) >= 11 is 0. The second-order valence-corrected chi connectivity index (χ2v) is 5.04. The molecule has 2 rings (SSSR count). The molecular formula is C15H19NO3. The third-order valence-electron chi connectivity index (χ3n) is 3.68. The number of rotatable bonds is 2. The molecule has 0 spiro atoms. The Morgan fingerprint density at radius 1 is 1.32 bits per heavy atom. The van der Waals surface area contributed by atoms with Gasteiger partial charge in [-0.15, -0.1) is 0 Å². The van der Waals surface area contributed by atoms with Gasteiger partial charge in [-0.25, -0.2) is 0 Å². The van der Waals surface area contributed by atoms with Gasteiger partial charge in [0.25, 0.3) is 5.91 Å². The van der Waals surface area contributed by atoms with Crippen LogP contribution in [-0.4, -0.2) is 35.7 Å². The molecule has 0 saturated carbocycles. The second-order valence-electron chi connectivity index (χ2n) is 5.04. The van der Waals surface area contributed by atoms with E-state index in [9.17, 15) is 9.90 Å². The average Bonchev–Trinajstić information content (AvgIpc) is 2.38. The Bertz CT molecular complexity index is 519. The van der Waals surface area contributed by atoms with Gasteiger partial charge in [0.15, 0.2) is 0 Å². The van der Waals surface area contributed by atoms with Crippen LogP contribution in [0.25, 0.3) is 0 Å². The van der Waals surface area contributed by atoms with Gasteiger partial charge in [-0.1, -0.05) is 30.3 Å². The summed E-state index contributed by atoms with van der Waals surface area (Å²) in [5.41, 5.74) is 0.0793. The van der Waals surface area contributed by atoms with E-state index in [-0.39, 0.29) is 5.91 Å². The average molecular weight is 261 g/mol. The summed E-state index contributed by atoms with van der Waals surface area (Å²) in [6, 6.07) is 9.03. The Hall–Kier alpha value is -1.81. The van der Waals surface area contributed by atoms with E-state index in [1.165, 1.54) is 7.11 Å². The van der Waals surface area contributed by atoms with E-state index in [1.54, 1.807) is 25.8 Å². The van der Waals surface area contributed by atoms with Crippen LogP contribution < -0.4 is 0 Å². The lowest BCUT2D eigenvalue weighted by molar-refractivity contribution is -0.139. The van der Waals surface area contributed by atoms with E-state index in [1.807, 2.05) is 30.3 Å². The number of hydrogen-bond donors (Lipinski definition) is 1. The quantitative estimate of drug-likeness (QED) is 0.884. The highest BCUT2D eigenvalue weighted by Gasteiger charge is 2.48. The van der Waals surface area contributed by atoms with Gasteiger partial charge in [-0.3, -0.25) is 4.79 Å². The normalized spacial score (nSPS) is 27.7. The Kier molecular flexibility index (Phi) is 3.37. The van der Waals surface area contributed by atoms with Crippen LogP contribution in [0.2, 0.25) is 0 Å². The molecule has 0 bridgehead atoms. The van der Waals surface area contributed by atoms with Crippen molar-refractivity contribution in [2.24, 2.45) is 0 Å². The van der Waals surface area contributed by atoms with Crippen molar-refractivity contribution in [1.29, 1.82) is 0 Å². The monoisotopic (exact) mass is 261 g/mol. The Balaban J connectivity index is 2.59. The topological polar surface area (TPSA) is 49.8 Å². The minimum atomic E-state index is -1.25. The zero-order valence-electron chi connectivity index (χ0n) is 11.7. The zero-order valence-corrected chi connectivity index (χ0v) is 11.7. The first kappa shape index (κ1) is 13.6. The number of carbonyl (C=O) groups excluding carboxylic acids is 1. The molecule has 1 aliphatic heterocycles. The molecular weight excluding hydrogens is 242 g/mol. The SMILES string of the molecule is COC1=C(C)C(=O)N(C)[C@@H](c2ccccc2)[C@@]1(C)O. The van der Waals surface area contributed by atoms with Crippen molar-refractivity contribution in [3.05, 3.63) is 47.2 Å². The third-order valence-corrected chi connectivity index (χ3v) is 3.68. The first-order valence-corrected chi connectivity index (χ1v) is 6.21. The van der Waals surface area contributed by atoms with Crippen molar-refractivity contribution < 1.29 is 14.6 Å². The smallest absolute Gasteiger partial charge is 0.253 e. The molecule has 2 atom stereocenters. The fourth-order valence-electron chi connectivity index (χ4n) is 2.90. The summed E-state index contributed by atoms with van der Waals surface area (Å²) in [5, 5.41) is 10.8. The Morgan fingerprint density at radius 2 is 1.89 bits per heavy atom. The number of amides is 1. The molecule has 1 aromatic carbocycles. The maximum Gasteiger partial charge on any atom is 0.253 e. The number of likely N-dealkylation sites (N-methyl/N-ethyl adjacent to an activating group) is 1. The number of methoxy groups -OCH3 is 1. The maximum absolute atomic E-state index is 12.2. The molecule has 4 heteroatoms. The molecule has 0 radical (unpaired) electrons. The molecule has 1 aromatic rings. The molecule has 102 valence electrons. The van der Waals surface area contributed by atoms with Gasteiger partial charge in [-0.2, -0.15) is 0 Å². The lowest BCUT2D eigenvalue weighted by Crippen LogP contribution is -2.51. The van der Waals surface area contributed by atoms with Crippen LogP contribution in [0.3, 0.4) is 0 Å². The summed E-state index contributed by atoms with van der Waals surface area (Å²) < 4.78 is 5.27. The minimum absolute atomic E-state index is 0.128. The van der Waals surface area contributed by atoms with Gasteiger partial charge in [0, 0.05) is 7.05 Å². The number of ether oxygens (including phenoxy) is 1. The predicted molar refractivity (Wildman–Crippen MR) is 72.3 cm³/mol. The number of nitrogens with zero attached hydrogens (tertiary/aromatic N) is 1. The summed E-state index contributed by atoms with van der Waals surface area (Å²) in [4.78, 5) is 13.8. The van der Waals surface area contributed by atoms with E-state index in [4.69, 9.17) is 4.74 Å². The molecule has 4 nitrogen and oxygen atoms in total. The number of carbonyl (C=O) groups is 1. The molecule has 19 heavy (non-hydrogen) atoms. The molecule has 1 N–H and O–H groups in total. The predicted octanol–water partition coefficient (Wildman–Crippen LogP) is 1.87. The lowest BCUT2D eigenvalue weighted by Gasteiger charge is -2.44. The van der Waals surface area contributed by atoms with Crippen molar-refractivity contribution in [3.8, 4) is 0 Å². The number of benzene rings is 1. The highest BCUT2D eigenvalue weighted by atomic mass is 16.5. The fourth-order valence-corrected chi connectivity index (χ4v) is 2.90. The lowest BCUT2D eigenvalue weighted by atomic mass is 9.82. The highest BCUT2D eigenvalue weighted by Crippen LogP contribution is 2.41. The van der Waals surface area contributed by atoms with Crippen LogP contribution in [0.4, 0.5) is 0 Å². The van der Waals surface area contributed by atoms with Crippen molar-refractivity contribution >= 4 is 5.91 Å². The summed E-state index contributed by atoms with van der Waals surface area (Å²) in [7, 11) is 3.18. The van der Waals surface area contributed by atoms with Crippen LogP contribution in [-0.2, 0) is 9.53 Å². The van der Waals surface area contributed by atoms with Crippen molar-refractivity contribution in [3.63, 3.8) is 0 Å².